The topological polar surface area (TPSA) is 54.6 Å². The van der Waals surface area contributed by atoms with E-state index in [-0.39, 0.29) is 6.04 Å². The zero-order valence-corrected chi connectivity index (χ0v) is 12.7. The summed E-state index contributed by atoms with van der Waals surface area (Å²) in [5, 5.41) is 0. The Balaban J connectivity index is 2.13. The van der Waals surface area contributed by atoms with Crippen LogP contribution in [0, 0.1) is 0 Å². The maximum Gasteiger partial charge on any atom is 0.212 e. The number of aromatic nitrogens is 1. The SMILES string of the molecule is COc1ccc(C(CN)N2CCCC2CN(C)C)cn1. The molecule has 20 heavy (non-hydrogen) atoms. The molecule has 0 radical (unpaired) electrons. The third-order valence-corrected chi connectivity index (χ3v) is 3.98. The van der Waals surface area contributed by atoms with Gasteiger partial charge in [-0.3, -0.25) is 4.90 Å². The third kappa shape index (κ3) is 3.48. The van der Waals surface area contributed by atoms with Gasteiger partial charge in [0.15, 0.2) is 0 Å². The quantitative estimate of drug-likeness (QED) is 0.845. The first-order valence-corrected chi connectivity index (χ1v) is 7.26. The summed E-state index contributed by atoms with van der Waals surface area (Å²) >= 11 is 0. The zero-order chi connectivity index (χ0) is 14.5. The molecule has 1 aliphatic heterocycles. The molecule has 2 N–H and O–H groups in total. The van der Waals surface area contributed by atoms with Gasteiger partial charge in [-0.05, 0) is 39.0 Å². The maximum absolute atomic E-state index is 6.03. The summed E-state index contributed by atoms with van der Waals surface area (Å²) in [5.74, 6) is 0.649. The van der Waals surface area contributed by atoms with E-state index in [1.807, 2.05) is 12.3 Å². The van der Waals surface area contributed by atoms with Crippen molar-refractivity contribution in [3.8, 4) is 5.88 Å². The fourth-order valence-corrected chi connectivity index (χ4v) is 3.06. The van der Waals surface area contributed by atoms with Crippen LogP contribution in [0.3, 0.4) is 0 Å². The summed E-state index contributed by atoms with van der Waals surface area (Å²) in [5.41, 5.74) is 7.21. The van der Waals surface area contributed by atoms with E-state index in [0.717, 1.165) is 13.1 Å². The number of likely N-dealkylation sites (N-methyl/N-ethyl adjacent to an activating group) is 1. The molecule has 1 fully saturated rings. The minimum absolute atomic E-state index is 0.251. The smallest absolute Gasteiger partial charge is 0.212 e. The van der Waals surface area contributed by atoms with E-state index in [1.165, 1.54) is 18.4 Å². The van der Waals surface area contributed by atoms with Crippen molar-refractivity contribution < 1.29 is 4.74 Å². The molecule has 2 atom stereocenters. The van der Waals surface area contributed by atoms with E-state index in [4.69, 9.17) is 10.5 Å². The van der Waals surface area contributed by atoms with Gasteiger partial charge in [0.25, 0.3) is 0 Å². The fraction of sp³-hybridized carbons (Fsp3) is 0.667. The largest absolute Gasteiger partial charge is 0.481 e. The highest BCUT2D eigenvalue weighted by Crippen LogP contribution is 2.29. The Morgan fingerprint density at radius 1 is 1.50 bits per heavy atom. The highest BCUT2D eigenvalue weighted by molar-refractivity contribution is 5.21. The van der Waals surface area contributed by atoms with E-state index in [9.17, 15) is 0 Å². The second-order valence-corrected chi connectivity index (χ2v) is 5.68. The fourth-order valence-electron chi connectivity index (χ4n) is 3.06. The molecule has 2 heterocycles. The number of nitrogens with zero attached hydrogens (tertiary/aromatic N) is 3. The number of methoxy groups -OCH3 is 1. The molecule has 0 amide bonds. The van der Waals surface area contributed by atoms with Gasteiger partial charge in [-0.25, -0.2) is 4.98 Å². The monoisotopic (exact) mass is 278 g/mol. The van der Waals surface area contributed by atoms with Gasteiger partial charge >= 0.3 is 0 Å². The molecule has 1 aromatic rings. The number of hydrogen-bond donors (Lipinski definition) is 1. The van der Waals surface area contributed by atoms with Gasteiger partial charge < -0.3 is 15.4 Å². The van der Waals surface area contributed by atoms with Gasteiger partial charge in [-0.1, -0.05) is 6.07 Å². The number of nitrogens with two attached hydrogens (primary N) is 1. The van der Waals surface area contributed by atoms with Crippen molar-refractivity contribution in [1.82, 2.24) is 14.8 Å². The van der Waals surface area contributed by atoms with Crippen LogP contribution in [0.25, 0.3) is 0 Å². The Hall–Kier alpha value is -1.17. The van der Waals surface area contributed by atoms with Crippen molar-refractivity contribution in [1.29, 1.82) is 0 Å². The lowest BCUT2D eigenvalue weighted by atomic mass is 10.1. The summed E-state index contributed by atoms with van der Waals surface area (Å²) in [7, 11) is 5.89. The highest BCUT2D eigenvalue weighted by atomic mass is 16.5. The van der Waals surface area contributed by atoms with Gasteiger partial charge in [-0.15, -0.1) is 0 Å². The van der Waals surface area contributed by atoms with Crippen LogP contribution in [-0.4, -0.2) is 61.7 Å². The lowest BCUT2D eigenvalue weighted by Gasteiger charge is -2.33. The normalized spacial score (nSPS) is 21.4. The average Bonchev–Trinajstić information content (AvgIpc) is 2.88. The first-order chi connectivity index (χ1) is 9.65. The van der Waals surface area contributed by atoms with Gasteiger partial charge in [0.05, 0.1) is 7.11 Å². The first-order valence-electron chi connectivity index (χ1n) is 7.26. The molecule has 1 aromatic heterocycles. The Kier molecular flexibility index (Phi) is 5.34. The predicted molar refractivity (Wildman–Crippen MR) is 80.9 cm³/mol. The molecule has 1 aliphatic rings. The Morgan fingerprint density at radius 2 is 2.30 bits per heavy atom. The molecule has 112 valence electrons. The third-order valence-electron chi connectivity index (χ3n) is 3.98. The maximum atomic E-state index is 6.03. The minimum Gasteiger partial charge on any atom is -0.481 e. The van der Waals surface area contributed by atoms with Crippen LogP contribution in [0.2, 0.25) is 0 Å². The summed E-state index contributed by atoms with van der Waals surface area (Å²) < 4.78 is 5.12. The average molecular weight is 278 g/mol. The number of hydrogen-bond acceptors (Lipinski definition) is 5. The summed E-state index contributed by atoms with van der Waals surface area (Å²) in [6.45, 7) is 2.82. The second kappa shape index (κ2) is 7.02. The number of likely N-dealkylation sites (tertiary alicyclic amines) is 1. The molecule has 0 bridgehead atoms. The van der Waals surface area contributed by atoms with Crippen LogP contribution in [0.4, 0.5) is 0 Å². The van der Waals surface area contributed by atoms with E-state index in [1.54, 1.807) is 7.11 Å². The highest BCUT2D eigenvalue weighted by Gasteiger charge is 2.31. The Labute approximate surface area is 121 Å². The van der Waals surface area contributed by atoms with Gasteiger partial charge in [0.1, 0.15) is 0 Å². The first kappa shape index (κ1) is 15.2. The second-order valence-electron chi connectivity index (χ2n) is 5.68. The van der Waals surface area contributed by atoms with E-state index >= 15 is 0 Å². The predicted octanol–water partition coefficient (Wildman–Crippen LogP) is 1.12. The van der Waals surface area contributed by atoms with Crippen LogP contribution in [-0.2, 0) is 0 Å². The van der Waals surface area contributed by atoms with Crippen LogP contribution in [0.15, 0.2) is 18.3 Å². The molecular formula is C15H26N4O. The molecule has 5 nitrogen and oxygen atoms in total. The lowest BCUT2D eigenvalue weighted by Crippen LogP contribution is -2.42. The van der Waals surface area contributed by atoms with Gasteiger partial charge in [-0.2, -0.15) is 0 Å². The molecule has 1 saturated heterocycles. The lowest BCUT2D eigenvalue weighted by molar-refractivity contribution is 0.155. The van der Waals surface area contributed by atoms with Crippen molar-refractivity contribution >= 4 is 0 Å². The molecule has 0 aromatic carbocycles. The van der Waals surface area contributed by atoms with Crippen molar-refractivity contribution in [2.45, 2.75) is 24.9 Å². The molecule has 2 unspecified atom stereocenters. The van der Waals surface area contributed by atoms with Crippen LogP contribution in [0.5, 0.6) is 5.88 Å². The summed E-state index contributed by atoms with van der Waals surface area (Å²) in [4.78, 5) is 9.09. The van der Waals surface area contributed by atoms with Crippen molar-refractivity contribution in [3.05, 3.63) is 23.9 Å². The van der Waals surface area contributed by atoms with Crippen molar-refractivity contribution in [2.24, 2.45) is 5.73 Å². The van der Waals surface area contributed by atoms with E-state index in [2.05, 4.69) is 34.9 Å². The molecule has 0 saturated carbocycles. The minimum atomic E-state index is 0.251. The molecule has 0 aliphatic carbocycles. The standard InChI is InChI=1S/C15H26N4O/c1-18(2)11-13-5-4-8-19(13)14(9-16)12-6-7-15(20-3)17-10-12/h6-7,10,13-14H,4-5,8-9,11,16H2,1-3H3. The van der Waals surface area contributed by atoms with Gasteiger partial charge in [0, 0.05) is 37.4 Å². The van der Waals surface area contributed by atoms with Crippen molar-refractivity contribution in [2.75, 3.05) is 40.8 Å². The molecular weight excluding hydrogens is 252 g/mol. The van der Waals surface area contributed by atoms with E-state index < -0.39 is 0 Å². The zero-order valence-electron chi connectivity index (χ0n) is 12.7. The van der Waals surface area contributed by atoms with Crippen LogP contribution >= 0.6 is 0 Å². The van der Waals surface area contributed by atoms with E-state index in [0.29, 0.717) is 18.5 Å². The number of ether oxygens (including phenoxy) is 1. The molecule has 5 heteroatoms. The van der Waals surface area contributed by atoms with Crippen molar-refractivity contribution in [3.63, 3.8) is 0 Å². The number of rotatable bonds is 6. The Bertz CT molecular complexity index is 407. The van der Waals surface area contributed by atoms with Gasteiger partial charge in [0.2, 0.25) is 5.88 Å². The van der Waals surface area contributed by atoms with Crippen LogP contribution < -0.4 is 10.5 Å². The number of pyridine rings is 1. The molecule has 0 spiro atoms. The van der Waals surface area contributed by atoms with Crippen LogP contribution in [0.1, 0.15) is 24.4 Å². The Morgan fingerprint density at radius 3 is 2.85 bits per heavy atom. The summed E-state index contributed by atoms with van der Waals surface area (Å²) in [6.07, 6.45) is 4.39. The summed E-state index contributed by atoms with van der Waals surface area (Å²) in [6, 6.07) is 4.82. The molecule has 2 rings (SSSR count).